The third kappa shape index (κ3) is 3.59. The van der Waals surface area contributed by atoms with Gasteiger partial charge in [0.05, 0.1) is 5.69 Å². The molecule has 1 fully saturated rings. The molecule has 0 aliphatic carbocycles. The van der Waals surface area contributed by atoms with Crippen LogP contribution in [0.15, 0.2) is 0 Å². The van der Waals surface area contributed by atoms with Crippen molar-refractivity contribution >= 4 is 28.2 Å². The van der Waals surface area contributed by atoms with E-state index in [-0.39, 0.29) is 35.3 Å². The molecule has 30 heavy (non-hydrogen) atoms. The highest BCUT2D eigenvalue weighted by molar-refractivity contribution is 7.15. The Bertz CT molecular complexity index is 948. The summed E-state index contributed by atoms with van der Waals surface area (Å²) in [6.07, 6.45) is -11.2. The van der Waals surface area contributed by atoms with Crippen molar-refractivity contribution in [3.05, 3.63) is 16.3 Å². The zero-order valence-electron chi connectivity index (χ0n) is 14.9. The molecule has 2 aliphatic rings. The molecule has 3 N–H and O–H groups in total. The first-order valence-corrected chi connectivity index (χ1v) is 9.58. The van der Waals surface area contributed by atoms with Crippen molar-refractivity contribution in [1.82, 2.24) is 20.4 Å². The molecule has 0 spiro atoms. The molecule has 8 nitrogen and oxygen atoms in total. The van der Waals surface area contributed by atoms with Gasteiger partial charge in [-0.05, 0) is 12.8 Å². The highest BCUT2D eigenvalue weighted by Crippen LogP contribution is 2.47. The minimum atomic E-state index is -4.87. The summed E-state index contributed by atoms with van der Waals surface area (Å²) in [4.78, 5) is 13.2. The number of H-pyrrole nitrogens is 1. The third-order valence-electron chi connectivity index (χ3n) is 5.14. The number of aromatic amines is 1. The number of fused-ring (bicyclic) bond motifs is 1. The molecule has 164 valence electrons. The normalized spacial score (nSPS) is 23.4. The molecule has 0 saturated carbocycles. The SMILES string of the molecule is O=C1Nc2[nH]nc(C3CCN(c4nnc(C(F)(F)F)s4)CC3)c2[C@H](C(F)(F)F)[C@@H]1O. The Morgan fingerprint density at radius 2 is 1.77 bits per heavy atom. The number of aliphatic hydroxyl groups is 1. The summed E-state index contributed by atoms with van der Waals surface area (Å²) in [5.41, 5.74) is -0.220. The quantitative estimate of drug-likeness (QED) is 0.600. The van der Waals surface area contributed by atoms with Crippen LogP contribution in [0.5, 0.6) is 0 Å². The maximum atomic E-state index is 13.6. The van der Waals surface area contributed by atoms with Crippen molar-refractivity contribution in [1.29, 1.82) is 0 Å². The van der Waals surface area contributed by atoms with Crippen molar-refractivity contribution in [2.24, 2.45) is 0 Å². The maximum Gasteiger partial charge on any atom is 0.445 e. The van der Waals surface area contributed by atoms with Gasteiger partial charge in [0, 0.05) is 24.6 Å². The van der Waals surface area contributed by atoms with Crippen molar-refractivity contribution in [2.45, 2.75) is 43.1 Å². The largest absolute Gasteiger partial charge is 0.445 e. The summed E-state index contributed by atoms with van der Waals surface area (Å²) in [7, 11) is 0. The number of nitrogens with zero attached hydrogens (tertiary/aromatic N) is 4. The lowest BCUT2D eigenvalue weighted by atomic mass is 9.83. The van der Waals surface area contributed by atoms with Crippen LogP contribution in [0.25, 0.3) is 0 Å². The first-order valence-electron chi connectivity index (χ1n) is 8.76. The standard InChI is InChI=1S/C15H14F6N6O2S/c16-14(17,18)7-6-8(23-24-10(6)22-11(29)9(7)28)5-1-3-27(4-2-5)13-26-25-12(30-13)15(19,20)21/h5,7,9,28H,1-4H2,(H2,22,23,24,29)/t7-,9-/m0/s1. The van der Waals surface area contributed by atoms with Crippen LogP contribution < -0.4 is 10.2 Å². The number of rotatable bonds is 2. The van der Waals surface area contributed by atoms with E-state index in [9.17, 15) is 36.2 Å². The van der Waals surface area contributed by atoms with Crippen molar-refractivity contribution in [3.63, 3.8) is 0 Å². The van der Waals surface area contributed by atoms with E-state index in [4.69, 9.17) is 0 Å². The second-order valence-electron chi connectivity index (χ2n) is 7.00. The molecule has 2 aliphatic heterocycles. The summed E-state index contributed by atoms with van der Waals surface area (Å²) in [6.45, 7) is 0.481. The fraction of sp³-hybridized carbons (Fsp3) is 0.600. The van der Waals surface area contributed by atoms with Gasteiger partial charge < -0.3 is 15.3 Å². The van der Waals surface area contributed by atoms with Crippen LogP contribution >= 0.6 is 11.3 Å². The molecule has 2 aromatic heterocycles. The van der Waals surface area contributed by atoms with Crippen LogP contribution in [0.2, 0.25) is 0 Å². The van der Waals surface area contributed by atoms with Crippen LogP contribution in [0, 0.1) is 0 Å². The highest BCUT2D eigenvalue weighted by atomic mass is 32.1. The molecule has 0 bridgehead atoms. The van der Waals surface area contributed by atoms with Gasteiger partial charge in [0.15, 0.2) is 0 Å². The summed E-state index contributed by atoms with van der Waals surface area (Å²) in [5.74, 6) is -4.23. The Morgan fingerprint density at radius 1 is 1.10 bits per heavy atom. The summed E-state index contributed by atoms with van der Waals surface area (Å²) in [6, 6.07) is 0. The van der Waals surface area contributed by atoms with Gasteiger partial charge in [-0.1, -0.05) is 11.3 Å². The molecular formula is C15H14F6N6O2S. The van der Waals surface area contributed by atoms with E-state index < -0.39 is 41.2 Å². The van der Waals surface area contributed by atoms with Crippen LogP contribution in [0.3, 0.4) is 0 Å². The fourth-order valence-corrected chi connectivity index (χ4v) is 4.50. The van der Waals surface area contributed by atoms with Crippen molar-refractivity contribution in [3.8, 4) is 0 Å². The number of carbonyl (C=O) groups is 1. The van der Waals surface area contributed by atoms with E-state index in [0.29, 0.717) is 24.2 Å². The number of aromatic nitrogens is 4. The third-order valence-corrected chi connectivity index (χ3v) is 6.17. The number of aliphatic hydroxyl groups excluding tert-OH is 1. The molecule has 0 radical (unpaired) electrons. The first kappa shape index (κ1) is 20.8. The lowest BCUT2D eigenvalue weighted by Gasteiger charge is -2.33. The van der Waals surface area contributed by atoms with Gasteiger partial charge in [-0.2, -0.15) is 31.4 Å². The Balaban J connectivity index is 1.54. The maximum absolute atomic E-state index is 13.6. The number of hydrogen-bond donors (Lipinski definition) is 3. The molecule has 1 saturated heterocycles. The van der Waals surface area contributed by atoms with E-state index in [1.165, 1.54) is 0 Å². The molecule has 15 heteroatoms. The number of alkyl halides is 6. The monoisotopic (exact) mass is 456 g/mol. The summed E-state index contributed by atoms with van der Waals surface area (Å²) in [5, 5.41) is 24.0. The molecule has 1 amide bonds. The van der Waals surface area contributed by atoms with Gasteiger partial charge >= 0.3 is 12.4 Å². The van der Waals surface area contributed by atoms with Crippen LogP contribution in [0.1, 0.15) is 40.9 Å². The van der Waals surface area contributed by atoms with Gasteiger partial charge in [0.1, 0.15) is 17.8 Å². The van der Waals surface area contributed by atoms with Gasteiger partial charge in [-0.25, -0.2) is 0 Å². The average molecular weight is 456 g/mol. The van der Waals surface area contributed by atoms with E-state index in [1.54, 1.807) is 4.90 Å². The zero-order valence-corrected chi connectivity index (χ0v) is 15.7. The minimum absolute atomic E-state index is 0.0827. The number of amides is 1. The molecular weight excluding hydrogens is 442 g/mol. The van der Waals surface area contributed by atoms with Gasteiger partial charge in [0.2, 0.25) is 10.1 Å². The van der Waals surface area contributed by atoms with E-state index in [1.807, 2.05) is 0 Å². The number of hydrogen-bond acceptors (Lipinski definition) is 7. The Hall–Kier alpha value is -2.42. The smallest absolute Gasteiger partial charge is 0.382 e. The van der Waals surface area contributed by atoms with Crippen LogP contribution in [-0.2, 0) is 11.0 Å². The van der Waals surface area contributed by atoms with Crippen molar-refractivity contribution in [2.75, 3.05) is 23.3 Å². The second-order valence-corrected chi connectivity index (χ2v) is 7.96. The molecule has 2 aromatic rings. The van der Waals surface area contributed by atoms with Crippen LogP contribution in [0.4, 0.5) is 37.3 Å². The number of nitrogens with one attached hydrogen (secondary N) is 2. The van der Waals surface area contributed by atoms with Crippen molar-refractivity contribution < 1.29 is 36.2 Å². The topological polar surface area (TPSA) is 107 Å². The number of piperidine rings is 1. The second kappa shape index (κ2) is 7.08. The minimum Gasteiger partial charge on any atom is -0.382 e. The average Bonchev–Trinajstić information content (AvgIpc) is 3.29. The number of halogens is 6. The summed E-state index contributed by atoms with van der Waals surface area (Å²) < 4.78 is 78.8. The predicted molar refractivity (Wildman–Crippen MR) is 91.1 cm³/mol. The van der Waals surface area contributed by atoms with Crippen LogP contribution in [-0.4, -0.2) is 56.8 Å². The Labute approximate surface area is 168 Å². The molecule has 4 rings (SSSR count). The van der Waals surface area contributed by atoms with Gasteiger partial charge in [-0.15, -0.1) is 10.2 Å². The molecule has 4 heterocycles. The fourth-order valence-electron chi connectivity index (χ4n) is 3.74. The Kier molecular flexibility index (Phi) is 4.91. The molecule has 0 unspecified atom stereocenters. The first-order chi connectivity index (χ1) is 14.0. The predicted octanol–water partition coefficient (Wildman–Crippen LogP) is 2.62. The zero-order chi connectivity index (χ0) is 21.8. The van der Waals surface area contributed by atoms with E-state index in [2.05, 4.69) is 25.7 Å². The van der Waals surface area contributed by atoms with E-state index >= 15 is 0 Å². The number of carbonyl (C=O) groups excluding carboxylic acids is 1. The van der Waals surface area contributed by atoms with E-state index in [0.717, 1.165) is 0 Å². The lowest BCUT2D eigenvalue weighted by molar-refractivity contribution is -0.177. The Morgan fingerprint density at radius 3 is 2.33 bits per heavy atom. The van der Waals surface area contributed by atoms with Gasteiger partial charge in [0.25, 0.3) is 5.91 Å². The molecule has 2 atom stereocenters. The lowest BCUT2D eigenvalue weighted by Crippen LogP contribution is -2.44. The van der Waals surface area contributed by atoms with Gasteiger partial charge in [-0.3, -0.25) is 9.89 Å². The highest BCUT2D eigenvalue weighted by Gasteiger charge is 2.53. The summed E-state index contributed by atoms with van der Waals surface area (Å²) >= 11 is 0.400. The molecule has 0 aromatic carbocycles. The number of anilines is 2.